The molecule has 1 atom stereocenters. The first-order valence-corrected chi connectivity index (χ1v) is 11.2. The molecule has 1 amide bonds. The summed E-state index contributed by atoms with van der Waals surface area (Å²) >= 11 is 12.0. The molecule has 2 aliphatic heterocycles. The first kappa shape index (κ1) is 22.1. The molecule has 2 fully saturated rings. The number of piperidine rings is 1. The van der Waals surface area contributed by atoms with Crippen molar-refractivity contribution in [2.45, 2.75) is 25.0 Å². The highest BCUT2D eigenvalue weighted by Gasteiger charge is 2.29. The van der Waals surface area contributed by atoms with Crippen molar-refractivity contribution in [3.05, 3.63) is 63.5 Å². The lowest BCUT2D eigenvalue weighted by Crippen LogP contribution is -2.51. The summed E-state index contributed by atoms with van der Waals surface area (Å²) in [5, 5.41) is 12.2. The summed E-state index contributed by atoms with van der Waals surface area (Å²) in [7, 11) is 0. The van der Waals surface area contributed by atoms with Gasteiger partial charge >= 0.3 is 0 Å². The summed E-state index contributed by atoms with van der Waals surface area (Å²) in [6, 6.07) is 8.44. The van der Waals surface area contributed by atoms with Gasteiger partial charge in [-0.05, 0) is 25.0 Å². The Hall–Kier alpha value is -2.06. The Morgan fingerprint density at radius 1 is 1.13 bits per heavy atom. The Kier molecular flexibility index (Phi) is 7.17. The van der Waals surface area contributed by atoms with E-state index in [1.807, 2.05) is 6.07 Å². The molecule has 1 unspecified atom stereocenters. The summed E-state index contributed by atoms with van der Waals surface area (Å²) in [6.45, 7) is 4.20. The molecule has 2 aliphatic rings. The highest BCUT2D eigenvalue weighted by molar-refractivity contribution is 6.42. The number of hydrogen-bond donors (Lipinski definition) is 0. The van der Waals surface area contributed by atoms with Gasteiger partial charge in [0.2, 0.25) is 0 Å². The second-order valence-corrected chi connectivity index (χ2v) is 8.70. The van der Waals surface area contributed by atoms with Gasteiger partial charge in [0.25, 0.3) is 5.91 Å². The first-order valence-electron chi connectivity index (χ1n) is 10.4. The molecule has 31 heavy (non-hydrogen) atoms. The minimum absolute atomic E-state index is 0.0293. The minimum atomic E-state index is -0.0670. The first-order chi connectivity index (χ1) is 15.0. The third-order valence-corrected chi connectivity index (χ3v) is 6.40. The van der Waals surface area contributed by atoms with E-state index in [0.29, 0.717) is 40.0 Å². The van der Waals surface area contributed by atoms with Gasteiger partial charge in [0.15, 0.2) is 12.4 Å². The number of rotatable bonds is 5. The maximum atomic E-state index is 12.7. The molecular formula is C22H25Cl2N3O4. The SMILES string of the molecule is O=C(c1cc[n+]([O-])cc1)N1CCOC(CN2CCC(Oc3ccc(Cl)c(Cl)c3)CC2)C1. The van der Waals surface area contributed by atoms with Crippen LogP contribution in [0, 0.1) is 5.21 Å². The predicted octanol–water partition coefficient (Wildman–Crippen LogP) is 3.01. The number of carbonyl (C=O) groups excluding carboxylic acids is 1. The van der Waals surface area contributed by atoms with Gasteiger partial charge in [-0.2, -0.15) is 4.73 Å². The summed E-state index contributed by atoms with van der Waals surface area (Å²) in [5.74, 6) is 0.670. The van der Waals surface area contributed by atoms with Crippen molar-refractivity contribution in [3.63, 3.8) is 0 Å². The molecule has 0 aliphatic carbocycles. The fraction of sp³-hybridized carbons (Fsp3) is 0.455. The van der Waals surface area contributed by atoms with E-state index in [1.54, 1.807) is 29.2 Å². The van der Waals surface area contributed by atoms with E-state index in [2.05, 4.69) is 4.90 Å². The number of carbonyl (C=O) groups is 1. The van der Waals surface area contributed by atoms with Crippen LogP contribution in [-0.2, 0) is 4.74 Å². The molecule has 0 N–H and O–H groups in total. The minimum Gasteiger partial charge on any atom is -0.619 e. The van der Waals surface area contributed by atoms with Crippen molar-refractivity contribution >= 4 is 29.1 Å². The fourth-order valence-corrected chi connectivity index (χ4v) is 4.28. The molecule has 1 aromatic carbocycles. The van der Waals surface area contributed by atoms with Crippen molar-refractivity contribution in [2.75, 3.05) is 39.3 Å². The number of morpholine rings is 1. The molecule has 2 aromatic rings. The van der Waals surface area contributed by atoms with Crippen LogP contribution in [0.2, 0.25) is 10.0 Å². The number of hydrogen-bond acceptors (Lipinski definition) is 5. The zero-order valence-corrected chi connectivity index (χ0v) is 18.6. The van der Waals surface area contributed by atoms with Crippen LogP contribution in [0.25, 0.3) is 0 Å². The van der Waals surface area contributed by atoms with Gasteiger partial charge in [0, 0.05) is 50.9 Å². The second kappa shape index (κ2) is 10.0. The van der Waals surface area contributed by atoms with E-state index in [-0.39, 0.29) is 18.1 Å². The van der Waals surface area contributed by atoms with Gasteiger partial charge < -0.3 is 24.5 Å². The second-order valence-electron chi connectivity index (χ2n) is 7.88. The highest BCUT2D eigenvalue weighted by atomic mass is 35.5. The van der Waals surface area contributed by atoms with Crippen LogP contribution in [0.15, 0.2) is 42.7 Å². The number of amides is 1. The van der Waals surface area contributed by atoms with Gasteiger partial charge in [-0.25, -0.2) is 0 Å². The number of nitrogens with zero attached hydrogens (tertiary/aromatic N) is 3. The van der Waals surface area contributed by atoms with E-state index >= 15 is 0 Å². The van der Waals surface area contributed by atoms with Crippen LogP contribution in [0.5, 0.6) is 5.75 Å². The van der Waals surface area contributed by atoms with E-state index < -0.39 is 0 Å². The Balaban J connectivity index is 1.25. The maximum Gasteiger partial charge on any atom is 0.254 e. The zero-order valence-electron chi connectivity index (χ0n) is 17.1. The number of ether oxygens (including phenoxy) is 2. The molecule has 0 radical (unpaired) electrons. The number of benzene rings is 1. The molecule has 0 spiro atoms. The van der Waals surface area contributed by atoms with Gasteiger partial charge in [0.05, 0.1) is 28.3 Å². The topological polar surface area (TPSA) is 69.0 Å². The Morgan fingerprint density at radius 3 is 2.58 bits per heavy atom. The third kappa shape index (κ3) is 5.80. The van der Waals surface area contributed by atoms with E-state index in [4.69, 9.17) is 32.7 Å². The smallest absolute Gasteiger partial charge is 0.254 e. The molecule has 4 rings (SSSR count). The molecule has 9 heteroatoms. The quantitative estimate of drug-likeness (QED) is 0.501. The molecule has 0 bridgehead atoms. The molecule has 7 nitrogen and oxygen atoms in total. The van der Waals surface area contributed by atoms with Crippen LogP contribution >= 0.6 is 23.2 Å². The number of halogens is 2. The van der Waals surface area contributed by atoms with E-state index in [0.717, 1.165) is 38.2 Å². The van der Waals surface area contributed by atoms with Gasteiger partial charge in [-0.15, -0.1) is 0 Å². The average molecular weight is 466 g/mol. The molecule has 0 saturated carbocycles. The third-order valence-electron chi connectivity index (χ3n) is 5.67. The van der Waals surface area contributed by atoms with Crippen LogP contribution < -0.4 is 9.47 Å². The monoisotopic (exact) mass is 465 g/mol. The molecule has 1 aromatic heterocycles. The Morgan fingerprint density at radius 2 is 1.87 bits per heavy atom. The van der Waals surface area contributed by atoms with Crippen LogP contribution in [-0.4, -0.2) is 67.2 Å². The lowest BCUT2D eigenvalue weighted by Gasteiger charge is -2.38. The Bertz CT molecular complexity index is 904. The summed E-state index contributed by atoms with van der Waals surface area (Å²) < 4.78 is 12.6. The van der Waals surface area contributed by atoms with Gasteiger partial charge in [-0.3, -0.25) is 4.79 Å². The lowest BCUT2D eigenvalue weighted by molar-refractivity contribution is -0.605. The highest BCUT2D eigenvalue weighted by Crippen LogP contribution is 2.28. The summed E-state index contributed by atoms with van der Waals surface area (Å²) in [6.07, 6.45) is 4.62. The van der Waals surface area contributed by atoms with Crippen LogP contribution in [0.3, 0.4) is 0 Å². The van der Waals surface area contributed by atoms with Crippen molar-refractivity contribution in [3.8, 4) is 5.75 Å². The standard InChI is InChI=1S/C22H25Cl2N3O4/c23-20-2-1-18(13-21(20)24)31-17-5-7-25(8-6-17)14-19-15-26(11-12-30-19)22(28)16-3-9-27(29)10-4-16/h1-4,9-10,13,17,19H,5-8,11-12,14-15H2. The van der Waals surface area contributed by atoms with Crippen LogP contribution in [0.1, 0.15) is 23.2 Å². The maximum absolute atomic E-state index is 12.7. The number of likely N-dealkylation sites (tertiary alicyclic amines) is 1. The largest absolute Gasteiger partial charge is 0.619 e. The molecule has 166 valence electrons. The van der Waals surface area contributed by atoms with Crippen molar-refractivity contribution in [1.29, 1.82) is 0 Å². The molecule has 3 heterocycles. The average Bonchev–Trinajstić information content (AvgIpc) is 2.78. The number of pyridine rings is 1. The van der Waals surface area contributed by atoms with Crippen molar-refractivity contribution < 1.29 is 19.0 Å². The van der Waals surface area contributed by atoms with Gasteiger partial charge in [0.1, 0.15) is 11.9 Å². The van der Waals surface area contributed by atoms with Crippen molar-refractivity contribution in [2.24, 2.45) is 0 Å². The lowest BCUT2D eigenvalue weighted by atomic mass is 10.1. The molecule has 2 saturated heterocycles. The predicted molar refractivity (Wildman–Crippen MR) is 118 cm³/mol. The fourth-order valence-electron chi connectivity index (χ4n) is 3.99. The van der Waals surface area contributed by atoms with E-state index in [9.17, 15) is 10.0 Å². The van der Waals surface area contributed by atoms with E-state index in [1.165, 1.54) is 12.4 Å². The Labute approximate surface area is 191 Å². The normalized spacial score (nSPS) is 20.6. The molecular weight excluding hydrogens is 441 g/mol. The summed E-state index contributed by atoms with van der Waals surface area (Å²) in [5.41, 5.74) is 0.521. The van der Waals surface area contributed by atoms with Gasteiger partial charge in [-0.1, -0.05) is 23.2 Å². The van der Waals surface area contributed by atoms with Crippen molar-refractivity contribution in [1.82, 2.24) is 9.80 Å². The summed E-state index contributed by atoms with van der Waals surface area (Å²) in [4.78, 5) is 16.9. The van der Waals surface area contributed by atoms with Crippen LogP contribution in [0.4, 0.5) is 0 Å². The zero-order chi connectivity index (χ0) is 21.8. The number of aromatic nitrogens is 1.